The molecule has 3 nitrogen and oxygen atoms in total. The van der Waals surface area contributed by atoms with E-state index in [2.05, 4.69) is 25.2 Å². The molecule has 0 atom stereocenters. The zero-order valence-electron chi connectivity index (χ0n) is 10.2. The molecule has 0 fully saturated rings. The molecule has 0 aliphatic heterocycles. The summed E-state index contributed by atoms with van der Waals surface area (Å²) in [5, 5.41) is 8.27. The molecule has 0 aromatic carbocycles. The topological polar surface area (TPSA) is 42.2 Å². The molecule has 0 radical (unpaired) electrons. The zero-order valence-corrected chi connectivity index (χ0v) is 10.2. The predicted octanol–water partition coefficient (Wildman–Crippen LogP) is 3.17. The zero-order chi connectivity index (χ0) is 12.4. The van der Waals surface area contributed by atoms with E-state index in [1.54, 1.807) is 12.3 Å². The molecule has 0 saturated carbocycles. The third-order valence-corrected chi connectivity index (χ3v) is 1.76. The molecule has 0 unspecified atom stereocenters. The van der Waals surface area contributed by atoms with Crippen LogP contribution in [0.4, 0.5) is 0 Å². The number of ether oxygens (including phenoxy) is 2. The van der Waals surface area contributed by atoms with Gasteiger partial charge in [0.1, 0.15) is 12.4 Å². The quantitative estimate of drug-likeness (QED) is 0.376. The normalized spacial score (nSPS) is 11.6. The van der Waals surface area contributed by atoms with Crippen molar-refractivity contribution in [3.63, 3.8) is 0 Å². The summed E-state index contributed by atoms with van der Waals surface area (Å²) in [5.74, 6) is 1.10. The van der Waals surface area contributed by atoms with Gasteiger partial charge in [-0.05, 0) is 24.5 Å². The van der Waals surface area contributed by atoms with E-state index in [-0.39, 0.29) is 6.61 Å². The average Bonchev–Trinajstić information content (AvgIpc) is 2.26. The van der Waals surface area contributed by atoms with E-state index in [1.165, 1.54) is 0 Å². The summed E-state index contributed by atoms with van der Waals surface area (Å²) in [6.07, 6.45) is 7.12. The Morgan fingerprint density at radius 1 is 1.44 bits per heavy atom. The lowest BCUT2D eigenvalue weighted by molar-refractivity contribution is 0.191. The van der Waals surface area contributed by atoms with Gasteiger partial charge < -0.3 is 9.47 Å². The van der Waals surface area contributed by atoms with Gasteiger partial charge in [-0.25, -0.2) is 0 Å². The van der Waals surface area contributed by atoms with Crippen molar-refractivity contribution in [3.8, 4) is 6.26 Å². The molecular formula is C13H19NO2. The minimum absolute atomic E-state index is 0.279. The van der Waals surface area contributed by atoms with E-state index in [0.29, 0.717) is 18.3 Å². The molecule has 0 saturated heterocycles. The Hall–Kier alpha value is -1.69. The van der Waals surface area contributed by atoms with Gasteiger partial charge in [-0.3, -0.25) is 0 Å². The maximum absolute atomic E-state index is 8.27. The van der Waals surface area contributed by atoms with Crippen molar-refractivity contribution >= 4 is 0 Å². The minimum Gasteiger partial charge on any atom is -0.494 e. The Labute approximate surface area is 97.7 Å². The van der Waals surface area contributed by atoms with Gasteiger partial charge in [0.2, 0.25) is 0 Å². The summed E-state index contributed by atoms with van der Waals surface area (Å²) >= 11 is 0. The first-order chi connectivity index (χ1) is 7.60. The van der Waals surface area contributed by atoms with Crippen LogP contribution in [0.3, 0.4) is 0 Å². The van der Waals surface area contributed by atoms with E-state index < -0.39 is 0 Å². The fraction of sp³-hybridized carbons (Fsp3) is 0.462. The Bertz CT molecular complexity index is 308. The van der Waals surface area contributed by atoms with Crippen LogP contribution in [-0.4, -0.2) is 13.2 Å². The van der Waals surface area contributed by atoms with Gasteiger partial charge in [-0.2, -0.15) is 5.26 Å². The highest BCUT2D eigenvalue weighted by Crippen LogP contribution is 2.04. The van der Waals surface area contributed by atoms with Gasteiger partial charge in [0.05, 0.1) is 6.61 Å². The molecule has 0 aliphatic carbocycles. The van der Waals surface area contributed by atoms with E-state index in [0.717, 1.165) is 5.57 Å². The van der Waals surface area contributed by atoms with E-state index in [9.17, 15) is 0 Å². The van der Waals surface area contributed by atoms with Crippen LogP contribution in [0.2, 0.25) is 0 Å². The molecule has 0 aromatic heterocycles. The van der Waals surface area contributed by atoms with Crippen LogP contribution in [0.25, 0.3) is 0 Å². The number of nitrogens with zero attached hydrogens (tertiary/aromatic N) is 1. The average molecular weight is 221 g/mol. The van der Waals surface area contributed by atoms with Gasteiger partial charge in [0.25, 0.3) is 6.26 Å². The van der Waals surface area contributed by atoms with Crippen LogP contribution in [0.15, 0.2) is 36.1 Å². The third kappa shape index (κ3) is 7.69. The van der Waals surface area contributed by atoms with Crippen molar-refractivity contribution in [2.75, 3.05) is 13.2 Å². The summed E-state index contributed by atoms with van der Waals surface area (Å²) in [4.78, 5) is 0. The van der Waals surface area contributed by atoms with E-state index >= 15 is 0 Å². The maximum Gasteiger partial charge on any atom is 0.286 e. The third-order valence-electron chi connectivity index (χ3n) is 1.76. The first-order valence-corrected chi connectivity index (χ1v) is 5.26. The highest BCUT2D eigenvalue weighted by atomic mass is 16.5. The molecule has 0 amide bonds. The number of rotatable bonds is 7. The number of hydrogen-bond donors (Lipinski definition) is 0. The second-order valence-electron chi connectivity index (χ2n) is 3.75. The Morgan fingerprint density at radius 2 is 2.12 bits per heavy atom. The fourth-order valence-electron chi connectivity index (χ4n) is 0.865. The molecule has 16 heavy (non-hydrogen) atoms. The summed E-state index contributed by atoms with van der Waals surface area (Å²) in [5.41, 5.74) is 0.913. The molecule has 0 N–H and O–H groups in total. The molecular weight excluding hydrogens is 202 g/mol. The minimum atomic E-state index is 0.279. The second-order valence-corrected chi connectivity index (χ2v) is 3.75. The summed E-state index contributed by atoms with van der Waals surface area (Å²) in [6, 6.07) is 0. The molecule has 0 aromatic rings. The first-order valence-electron chi connectivity index (χ1n) is 5.26. The molecule has 0 bridgehead atoms. The molecule has 0 rings (SSSR count). The largest absolute Gasteiger partial charge is 0.494 e. The highest BCUT2D eigenvalue weighted by molar-refractivity contribution is 5.24. The first kappa shape index (κ1) is 14.3. The van der Waals surface area contributed by atoms with Crippen LogP contribution in [0, 0.1) is 17.4 Å². The Kier molecular flexibility index (Phi) is 7.70. The maximum atomic E-state index is 8.27. The standard InChI is InChI=1S/C13H19NO2/c1-5-13(9-15-10-14)7-6-12(4)16-8-11(2)3/h5-7,11H,4,8-9H2,1-3H3/b7-6-,13-5+. The van der Waals surface area contributed by atoms with E-state index in [1.807, 2.05) is 19.1 Å². The van der Waals surface area contributed by atoms with Crippen LogP contribution in [0.1, 0.15) is 20.8 Å². The fourth-order valence-corrected chi connectivity index (χ4v) is 0.865. The molecule has 0 heterocycles. The van der Waals surface area contributed by atoms with Crippen molar-refractivity contribution in [1.29, 1.82) is 5.26 Å². The highest BCUT2D eigenvalue weighted by Gasteiger charge is 1.96. The van der Waals surface area contributed by atoms with Crippen molar-refractivity contribution in [3.05, 3.63) is 36.1 Å². The van der Waals surface area contributed by atoms with Crippen molar-refractivity contribution < 1.29 is 9.47 Å². The summed E-state index contributed by atoms with van der Waals surface area (Å²) in [7, 11) is 0. The van der Waals surface area contributed by atoms with Gasteiger partial charge >= 0.3 is 0 Å². The van der Waals surface area contributed by atoms with Gasteiger partial charge in [-0.15, -0.1) is 0 Å². The van der Waals surface area contributed by atoms with Crippen molar-refractivity contribution in [1.82, 2.24) is 0 Å². The molecule has 3 heteroatoms. The van der Waals surface area contributed by atoms with Crippen LogP contribution >= 0.6 is 0 Å². The van der Waals surface area contributed by atoms with Crippen molar-refractivity contribution in [2.45, 2.75) is 20.8 Å². The van der Waals surface area contributed by atoms with Crippen molar-refractivity contribution in [2.24, 2.45) is 5.92 Å². The lowest BCUT2D eigenvalue weighted by Crippen LogP contribution is -2.00. The number of nitriles is 1. The number of hydrogen-bond acceptors (Lipinski definition) is 3. The molecule has 88 valence electrons. The van der Waals surface area contributed by atoms with E-state index in [4.69, 9.17) is 10.00 Å². The predicted molar refractivity (Wildman–Crippen MR) is 64.4 cm³/mol. The monoisotopic (exact) mass is 221 g/mol. The molecule has 0 aliphatic rings. The van der Waals surface area contributed by atoms with Crippen LogP contribution in [0.5, 0.6) is 0 Å². The SMILES string of the molecule is C=C(/C=C\C(=C/C)COC#N)OCC(C)C. The second kappa shape index (κ2) is 8.60. The smallest absolute Gasteiger partial charge is 0.286 e. The van der Waals surface area contributed by atoms with Gasteiger partial charge in [0.15, 0.2) is 0 Å². The van der Waals surface area contributed by atoms with Gasteiger partial charge in [-0.1, -0.05) is 32.6 Å². The summed E-state index contributed by atoms with van der Waals surface area (Å²) < 4.78 is 10.0. The Morgan fingerprint density at radius 3 is 2.62 bits per heavy atom. The number of allylic oxidation sites excluding steroid dienone is 2. The van der Waals surface area contributed by atoms with Crippen LogP contribution in [-0.2, 0) is 9.47 Å². The Balaban J connectivity index is 4.05. The van der Waals surface area contributed by atoms with Crippen LogP contribution < -0.4 is 0 Å². The lowest BCUT2D eigenvalue weighted by atomic mass is 10.2. The lowest BCUT2D eigenvalue weighted by Gasteiger charge is -2.07. The van der Waals surface area contributed by atoms with Gasteiger partial charge in [0, 0.05) is 0 Å². The summed E-state index contributed by atoms with van der Waals surface area (Å²) in [6.45, 7) is 10.7. The molecule has 0 spiro atoms.